The van der Waals surface area contributed by atoms with Crippen molar-refractivity contribution >= 4 is 45.0 Å². The average molecular weight is 627 g/mol. The van der Waals surface area contributed by atoms with Gasteiger partial charge in [0, 0.05) is 40.8 Å². The van der Waals surface area contributed by atoms with Gasteiger partial charge in [-0.3, -0.25) is 14.7 Å². The van der Waals surface area contributed by atoms with Crippen LogP contribution in [0.3, 0.4) is 0 Å². The number of hydrogen-bond donors (Lipinski definition) is 2. The van der Waals surface area contributed by atoms with Gasteiger partial charge in [0.25, 0.3) is 5.92 Å². The number of likely N-dealkylation sites (tertiary alicyclic amines) is 1. The molecule has 2 aliphatic heterocycles. The van der Waals surface area contributed by atoms with Crippen LogP contribution in [0, 0.1) is 11.2 Å². The summed E-state index contributed by atoms with van der Waals surface area (Å²) < 4.78 is 49.1. The topological polar surface area (TPSA) is 104 Å². The molecule has 2 atom stereocenters. The molecule has 0 spiro atoms. The van der Waals surface area contributed by atoms with E-state index in [-0.39, 0.29) is 25.1 Å². The molecule has 208 valence electrons. The minimum Gasteiger partial charge on any atom is -0.481 e. The van der Waals surface area contributed by atoms with E-state index in [1.54, 1.807) is 18.5 Å². The van der Waals surface area contributed by atoms with Gasteiger partial charge in [-0.15, -0.1) is 11.3 Å². The molecular formula is C26H26BrF3N4O4S. The highest BCUT2D eigenvalue weighted by Gasteiger charge is 2.55. The van der Waals surface area contributed by atoms with Crippen molar-refractivity contribution < 1.29 is 32.6 Å². The number of aliphatic carboxylic acids is 1. The van der Waals surface area contributed by atoms with Gasteiger partial charge < -0.3 is 15.2 Å². The molecule has 0 bridgehead atoms. The number of benzene rings is 1. The highest BCUT2D eigenvalue weighted by atomic mass is 79.9. The Morgan fingerprint density at radius 1 is 1.33 bits per heavy atom. The van der Waals surface area contributed by atoms with Crippen LogP contribution in [-0.4, -0.2) is 64.4 Å². The second-order valence-corrected chi connectivity index (χ2v) is 11.8. The van der Waals surface area contributed by atoms with Crippen LogP contribution in [0.4, 0.5) is 13.2 Å². The lowest BCUT2D eigenvalue weighted by molar-refractivity contribution is -0.144. The molecule has 3 heterocycles. The number of thiazole rings is 1. The van der Waals surface area contributed by atoms with Crippen LogP contribution >= 0.6 is 27.3 Å². The number of carboxylic acid groups (broad SMARTS) is 1. The molecule has 0 unspecified atom stereocenters. The number of rotatable bonds is 9. The van der Waals surface area contributed by atoms with Crippen molar-refractivity contribution in [3.8, 4) is 0 Å². The zero-order valence-electron chi connectivity index (χ0n) is 20.9. The zero-order chi connectivity index (χ0) is 27.9. The molecule has 1 aromatic carbocycles. The number of alkyl halides is 2. The first-order valence-corrected chi connectivity index (χ1v) is 14.1. The summed E-state index contributed by atoms with van der Waals surface area (Å²) in [5, 5.41) is 15.1. The molecule has 1 saturated heterocycles. The number of carbonyl (C=O) groups is 2. The molecule has 0 amide bonds. The summed E-state index contributed by atoms with van der Waals surface area (Å²) >= 11 is 4.67. The molecule has 2 fully saturated rings. The molecule has 3 aliphatic rings. The van der Waals surface area contributed by atoms with E-state index in [2.05, 4.69) is 26.2 Å². The Balaban J connectivity index is 1.57. The lowest BCUT2D eigenvalue weighted by atomic mass is 9.93. The second kappa shape index (κ2) is 10.7. The molecule has 2 aromatic rings. The van der Waals surface area contributed by atoms with Gasteiger partial charge >= 0.3 is 11.9 Å². The molecule has 5 rings (SSSR count). The first-order valence-electron chi connectivity index (χ1n) is 12.5. The third-order valence-corrected chi connectivity index (χ3v) is 8.76. The van der Waals surface area contributed by atoms with Gasteiger partial charge in [-0.25, -0.2) is 22.9 Å². The van der Waals surface area contributed by atoms with E-state index in [1.165, 1.54) is 34.4 Å². The molecule has 8 nitrogen and oxygen atoms in total. The molecule has 1 aromatic heterocycles. The van der Waals surface area contributed by atoms with Crippen molar-refractivity contribution in [2.75, 3.05) is 19.7 Å². The lowest BCUT2D eigenvalue weighted by Crippen LogP contribution is -2.42. The number of nitrogens with zero attached hydrogens (tertiary/aromatic N) is 3. The van der Waals surface area contributed by atoms with Crippen molar-refractivity contribution in [3.05, 3.63) is 61.9 Å². The normalized spacial score (nSPS) is 23.8. The maximum atomic E-state index is 14.7. The quantitative estimate of drug-likeness (QED) is 0.381. The van der Waals surface area contributed by atoms with Crippen LogP contribution in [0.2, 0.25) is 0 Å². The van der Waals surface area contributed by atoms with E-state index in [4.69, 9.17) is 9.73 Å². The van der Waals surface area contributed by atoms with Gasteiger partial charge in [0.05, 0.1) is 24.1 Å². The minimum atomic E-state index is -3.01. The van der Waals surface area contributed by atoms with Crippen molar-refractivity contribution in [1.82, 2.24) is 15.2 Å². The van der Waals surface area contributed by atoms with E-state index in [0.717, 1.165) is 0 Å². The molecule has 1 saturated carbocycles. The fraction of sp³-hybridized carbons (Fsp3) is 0.462. The van der Waals surface area contributed by atoms with Crippen molar-refractivity contribution in [1.29, 1.82) is 0 Å². The summed E-state index contributed by atoms with van der Waals surface area (Å²) in [4.78, 5) is 35.7. The monoisotopic (exact) mass is 626 g/mol. The first kappa shape index (κ1) is 27.8. The Labute approximate surface area is 235 Å². The van der Waals surface area contributed by atoms with Crippen LogP contribution < -0.4 is 5.32 Å². The number of carboxylic acids is 1. The van der Waals surface area contributed by atoms with Gasteiger partial charge in [0.2, 0.25) is 0 Å². The SMILES string of the molecule is CCOC(=O)C1=C(CN2CC(F)(F)C[C@H]2CC2(C(=O)O)CC2)NC(c2nccs2)=N[C@H]1c1ccc(F)cc1Br. The van der Waals surface area contributed by atoms with Gasteiger partial charge in [0.1, 0.15) is 11.9 Å². The summed E-state index contributed by atoms with van der Waals surface area (Å²) in [5.74, 6) is -4.82. The number of hydrogen-bond acceptors (Lipinski definition) is 8. The second-order valence-electron chi connectivity index (χ2n) is 10.0. The molecule has 39 heavy (non-hydrogen) atoms. The Bertz CT molecular complexity index is 1350. The third kappa shape index (κ3) is 5.75. The zero-order valence-corrected chi connectivity index (χ0v) is 23.3. The third-order valence-electron chi connectivity index (χ3n) is 7.29. The van der Waals surface area contributed by atoms with Crippen LogP contribution in [0.15, 0.2) is 50.5 Å². The van der Waals surface area contributed by atoms with Gasteiger partial charge in [0.15, 0.2) is 10.8 Å². The summed E-state index contributed by atoms with van der Waals surface area (Å²) in [6.07, 6.45) is 2.13. The first-order chi connectivity index (χ1) is 18.5. The molecular weight excluding hydrogens is 601 g/mol. The summed E-state index contributed by atoms with van der Waals surface area (Å²) in [6.45, 7) is 1.05. The summed E-state index contributed by atoms with van der Waals surface area (Å²) in [5.41, 5.74) is -0.0920. The average Bonchev–Trinajstić information content (AvgIpc) is 3.32. The fourth-order valence-corrected chi connectivity index (χ4v) is 6.38. The number of nitrogens with one attached hydrogen (secondary N) is 1. The Morgan fingerprint density at radius 2 is 2.10 bits per heavy atom. The maximum Gasteiger partial charge on any atom is 0.338 e. The Morgan fingerprint density at radius 3 is 2.72 bits per heavy atom. The molecule has 13 heteroatoms. The Hall–Kier alpha value is -2.77. The standard InChI is InChI=1S/C26H26BrF3N4O4S/c1-2-38-23(35)19-18(12-34-13-26(29,30)11-15(34)10-25(5-6-25)24(36)37)32-21(22-31-7-8-39-22)33-20(19)16-4-3-14(28)9-17(16)27/h3-4,7-9,15,20H,2,5-6,10-13H2,1H3,(H,32,33)(H,36,37)/t15-,20+/m1/s1. The number of aromatic nitrogens is 1. The van der Waals surface area contributed by atoms with Gasteiger partial charge in [-0.2, -0.15) is 0 Å². The van der Waals surface area contributed by atoms with Crippen LogP contribution in [0.1, 0.15) is 49.2 Å². The van der Waals surface area contributed by atoms with Crippen molar-refractivity contribution in [3.63, 3.8) is 0 Å². The van der Waals surface area contributed by atoms with Gasteiger partial charge in [-0.1, -0.05) is 22.0 Å². The number of amidine groups is 1. The van der Waals surface area contributed by atoms with E-state index in [0.29, 0.717) is 39.4 Å². The number of esters is 1. The summed E-state index contributed by atoms with van der Waals surface area (Å²) in [7, 11) is 0. The highest BCUT2D eigenvalue weighted by molar-refractivity contribution is 9.10. The van der Waals surface area contributed by atoms with E-state index in [1.807, 2.05) is 0 Å². The molecule has 1 aliphatic carbocycles. The lowest BCUT2D eigenvalue weighted by Gasteiger charge is -2.32. The predicted molar refractivity (Wildman–Crippen MR) is 141 cm³/mol. The van der Waals surface area contributed by atoms with E-state index < -0.39 is 54.1 Å². The maximum absolute atomic E-state index is 14.7. The van der Waals surface area contributed by atoms with Crippen LogP contribution in [-0.2, 0) is 14.3 Å². The number of carbonyl (C=O) groups excluding carboxylic acids is 1. The van der Waals surface area contributed by atoms with Crippen LogP contribution in [0.5, 0.6) is 0 Å². The van der Waals surface area contributed by atoms with E-state index in [9.17, 15) is 27.9 Å². The van der Waals surface area contributed by atoms with Gasteiger partial charge in [-0.05, 0) is 43.9 Å². The predicted octanol–water partition coefficient (Wildman–Crippen LogP) is 4.92. The molecule has 0 radical (unpaired) electrons. The van der Waals surface area contributed by atoms with Crippen molar-refractivity contribution in [2.24, 2.45) is 10.4 Å². The van der Waals surface area contributed by atoms with E-state index >= 15 is 0 Å². The van der Waals surface area contributed by atoms with Crippen LogP contribution in [0.25, 0.3) is 0 Å². The largest absolute Gasteiger partial charge is 0.481 e. The Kier molecular flexibility index (Phi) is 7.59. The number of ether oxygens (including phenoxy) is 1. The fourth-order valence-electron chi connectivity index (χ4n) is 5.23. The molecule has 2 N–H and O–H groups in total. The highest BCUT2D eigenvalue weighted by Crippen LogP contribution is 2.52. The number of halogens is 4. The summed E-state index contributed by atoms with van der Waals surface area (Å²) in [6, 6.07) is 2.38. The van der Waals surface area contributed by atoms with Crippen molar-refractivity contribution in [2.45, 2.75) is 50.6 Å². The smallest absolute Gasteiger partial charge is 0.338 e. The minimum absolute atomic E-state index is 0.0709. The number of aliphatic imine (C=N–C) groups is 1.